The highest BCUT2D eigenvalue weighted by atomic mass is 32.2. The second kappa shape index (κ2) is 5.50. The summed E-state index contributed by atoms with van der Waals surface area (Å²) in [4.78, 5) is 0. The molecule has 0 spiro atoms. The Kier molecular flexibility index (Phi) is 3.46. The number of aromatic nitrogens is 2. The minimum atomic E-state index is -3.55. The molecule has 0 N–H and O–H groups in total. The number of thiophene rings is 1. The number of para-hydroxylation sites is 1. The molecule has 0 radical (unpaired) electrons. The van der Waals surface area contributed by atoms with Crippen molar-refractivity contribution in [3.05, 3.63) is 65.8 Å². The predicted octanol–water partition coefficient (Wildman–Crippen LogP) is 2.94. The van der Waals surface area contributed by atoms with Gasteiger partial charge < -0.3 is 0 Å². The Morgan fingerprint density at radius 1 is 1.13 bits per heavy atom. The SMILES string of the molecule is O=S(=O)(c1cccs1)N1C[C@@H](n2cccn2)Cc2ccccc21. The first-order chi connectivity index (χ1) is 11.2. The summed E-state index contributed by atoms with van der Waals surface area (Å²) in [5.41, 5.74) is 1.80. The van der Waals surface area contributed by atoms with Gasteiger partial charge in [-0.2, -0.15) is 5.10 Å². The van der Waals surface area contributed by atoms with Gasteiger partial charge >= 0.3 is 0 Å². The third-order valence-electron chi connectivity index (χ3n) is 4.03. The summed E-state index contributed by atoms with van der Waals surface area (Å²) in [5.74, 6) is 0. The van der Waals surface area contributed by atoms with Gasteiger partial charge in [-0.15, -0.1) is 11.3 Å². The van der Waals surface area contributed by atoms with E-state index in [4.69, 9.17) is 0 Å². The van der Waals surface area contributed by atoms with Crippen LogP contribution in [0.25, 0.3) is 0 Å². The molecule has 7 heteroatoms. The van der Waals surface area contributed by atoms with E-state index in [-0.39, 0.29) is 6.04 Å². The molecule has 0 unspecified atom stereocenters. The lowest BCUT2D eigenvalue weighted by Gasteiger charge is -2.35. The fourth-order valence-corrected chi connectivity index (χ4v) is 5.60. The second-order valence-corrected chi connectivity index (χ2v) is 8.48. The lowest BCUT2D eigenvalue weighted by Crippen LogP contribution is -2.40. The second-order valence-electron chi connectivity index (χ2n) is 5.44. The van der Waals surface area contributed by atoms with Gasteiger partial charge in [-0.05, 0) is 35.6 Å². The fourth-order valence-electron chi connectivity index (χ4n) is 2.96. The maximum absolute atomic E-state index is 13.0. The van der Waals surface area contributed by atoms with Crippen molar-refractivity contribution in [1.82, 2.24) is 9.78 Å². The van der Waals surface area contributed by atoms with Crippen LogP contribution in [0.15, 0.2) is 64.4 Å². The van der Waals surface area contributed by atoms with Gasteiger partial charge in [0.1, 0.15) is 4.21 Å². The molecule has 4 rings (SSSR count). The van der Waals surface area contributed by atoms with Gasteiger partial charge in [-0.1, -0.05) is 24.3 Å². The number of anilines is 1. The number of nitrogens with zero attached hydrogens (tertiary/aromatic N) is 3. The predicted molar refractivity (Wildman–Crippen MR) is 90.3 cm³/mol. The molecule has 118 valence electrons. The van der Waals surface area contributed by atoms with Crippen molar-refractivity contribution < 1.29 is 8.42 Å². The highest BCUT2D eigenvalue weighted by Gasteiger charge is 2.34. The summed E-state index contributed by atoms with van der Waals surface area (Å²) < 4.78 is 29.8. The first kappa shape index (κ1) is 14.5. The van der Waals surface area contributed by atoms with E-state index in [1.165, 1.54) is 15.6 Å². The zero-order valence-corrected chi connectivity index (χ0v) is 13.9. The monoisotopic (exact) mass is 345 g/mol. The van der Waals surface area contributed by atoms with Crippen LogP contribution in [-0.2, 0) is 16.4 Å². The molecule has 0 saturated carbocycles. The fraction of sp³-hybridized carbons (Fsp3) is 0.188. The Morgan fingerprint density at radius 3 is 2.74 bits per heavy atom. The van der Waals surface area contributed by atoms with Gasteiger partial charge in [0.15, 0.2) is 0 Å². The zero-order valence-electron chi connectivity index (χ0n) is 12.2. The molecule has 0 amide bonds. The Balaban J connectivity index is 1.82. The molecular formula is C16H15N3O2S2. The van der Waals surface area contributed by atoms with E-state index in [1.54, 1.807) is 23.7 Å². The van der Waals surface area contributed by atoms with Gasteiger partial charge in [-0.3, -0.25) is 8.99 Å². The van der Waals surface area contributed by atoms with Crippen LogP contribution < -0.4 is 4.31 Å². The van der Waals surface area contributed by atoms with E-state index in [1.807, 2.05) is 41.2 Å². The Bertz CT molecular complexity index is 903. The average Bonchev–Trinajstić information content (AvgIpc) is 3.27. The summed E-state index contributed by atoms with van der Waals surface area (Å²) >= 11 is 1.24. The minimum absolute atomic E-state index is 0.00497. The molecule has 2 aromatic heterocycles. The lowest BCUT2D eigenvalue weighted by molar-refractivity contribution is 0.446. The summed E-state index contributed by atoms with van der Waals surface area (Å²) in [6.45, 7) is 0.388. The molecule has 5 nitrogen and oxygen atoms in total. The zero-order chi connectivity index (χ0) is 15.9. The van der Waals surface area contributed by atoms with Crippen LogP contribution in [-0.4, -0.2) is 24.7 Å². The molecule has 0 bridgehead atoms. The van der Waals surface area contributed by atoms with Crippen molar-refractivity contribution in [1.29, 1.82) is 0 Å². The first-order valence-corrected chi connectivity index (χ1v) is 9.61. The van der Waals surface area contributed by atoms with Gasteiger partial charge in [0.25, 0.3) is 10.0 Å². The molecule has 1 aliphatic heterocycles. The van der Waals surface area contributed by atoms with Crippen LogP contribution >= 0.6 is 11.3 Å². The third-order valence-corrected chi connectivity index (χ3v) is 7.18. The Hall–Kier alpha value is -2.12. The van der Waals surface area contributed by atoms with Gasteiger partial charge in [-0.25, -0.2) is 8.42 Å². The molecular weight excluding hydrogens is 330 g/mol. The summed E-state index contributed by atoms with van der Waals surface area (Å²) in [6.07, 6.45) is 4.38. The normalized spacial score (nSPS) is 17.9. The smallest absolute Gasteiger partial charge is 0.268 e. The molecule has 3 heterocycles. The van der Waals surface area contributed by atoms with Crippen molar-refractivity contribution in [3.63, 3.8) is 0 Å². The minimum Gasteiger partial charge on any atom is -0.268 e. The number of fused-ring (bicyclic) bond motifs is 1. The third kappa shape index (κ3) is 2.46. The maximum Gasteiger partial charge on any atom is 0.273 e. The van der Waals surface area contributed by atoms with Crippen molar-refractivity contribution in [3.8, 4) is 0 Å². The van der Waals surface area contributed by atoms with Crippen LogP contribution in [0.2, 0.25) is 0 Å². The topological polar surface area (TPSA) is 55.2 Å². The van der Waals surface area contributed by atoms with Gasteiger partial charge in [0, 0.05) is 12.4 Å². The molecule has 1 aromatic carbocycles. The van der Waals surface area contributed by atoms with Crippen molar-refractivity contribution in [2.45, 2.75) is 16.7 Å². The Labute approximate surface area is 138 Å². The van der Waals surface area contributed by atoms with E-state index >= 15 is 0 Å². The highest BCUT2D eigenvalue weighted by molar-refractivity contribution is 7.94. The summed E-state index contributed by atoms with van der Waals surface area (Å²) in [6, 6.07) is 13.0. The van der Waals surface area contributed by atoms with Crippen LogP contribution in [0.4, 0.5) is 5.69 Å². The summed E-state index contributed by atoms with van der Waals surface area (Å²) in [7, 11) is -3.55. The Morgan fingerprint density at radius 2 is 2.00 bits per heavy atom. The highest BCUT2D eigenvalue weighted by Crippen LogP contribution is 2.36. The van der Waals surface area contributed by atoms with Crippen molar-refractivity contribution in [2.75, 3.05) is 10.8 Å². The average molecular weight is 345 g/mol. The number of rotatable bonds is 3. The molecule has 1 atom stereocenters. The number of benzene rings is 1. The first-order valence-electron chi connectivity index (χ1n) is 7.29. The van der Waals surface area contributed by atoms with Gasteiger partial charge in [0.05, 0.1) is 18.3 Å². The number of hydrogen-bond acceptors (Lipinski definition) is 4. The summed E-state index contributed by atoms with van der Waals surface area (Å²) in [5, 5.41) is 6.08. The molecule has 0 fully saturated rings. The molecule has 23 heavy (non-hydrogen) atoms. The molecule has 3 aromatic rings. The van der Waals surface area contributed by atoms with E-state index in [0.717, 1.165) is 17.7 Å². The van der Waals surface area contributed by atoms with Gasteiger partial charge in [0.2, 0.25) is 0 Å². The van der Waals surface area contributed by atoms with E-state index in [9.17, 15) is 8.42 Å². The van der Waals surface area contributed by atoms with E-state index in [0.29, 0.717) is 10.8 Å². The molecule has 0 saturated heterocycles. The standard InChI is InChI=1S/C16H15N3O2S2/c20-23(21,16-7-3-10-22-16)19-12-14(18-9-4-8-17-18)11-13-5-1-2-6-15(13)19/h1-10,14H,11-12H2/t14-/m0/s1. The molecule has 1 aliphatic rings. The van der Waals surface area contributed by atoms with E-state index < -0.39 is 10.0 Å². The quantitative estimate of drug-likeness (QED) is 0.733. The maximum atomic E-state index is 13.0. The van der Waals surface area contributed by atoms with Crippen LogP contribution in [0.1, 0.15) is 11.6 Å². The largest absolute Gasteiger partial charge is 0.273 e. The number of hydrogen-bond donors (Lipinski definition) is 0. The van der Waals surface area contributed by atoms with Crippen molar-refractivity contribution in [2.24, 2.45) is 0 Å². The van der Waals surface area contributed by atoms with Crippen LogP contribution in [0.3, 0.4) is 0 Å². The number of sulfonamides is 1. The van der Waals surface area contributed by atoms with Crippen molar-refractivity contribution >= 4 is 27.0 Å². The van der Waals surface area contributed by atoms with E-state index in [2.05, 4.69) is 5.10 Å². The lowest BCUT2D eigenvalue weighted by atomic mass is 10.00. The van der Waals surface area contributed by atoms with Crippen LogP contribution in [0, 0.1) is 0 Å². The van der Waals surface area contributed by atoms with Crippen LogP contribution in [0.5, 0.6) is 0 Å². The molecule has 0 aliphatic carbocycles.